The van der Waals surface area contributed by atoms with Gasteiger partial charge in [-0.15, -0.1) is 0 Å². The van der Waals surface area contributed by atoms with Gasteiger partial charge < -0.3 is 25.0 Å². The monoisotopic (exact) mass is 1050 g/mol. The van der Waals surface area contributed by atoms with Crippen LogP contribution < -0.4 is 25.0 Å². The summed E-state index contributed by atoms with van der Waals surface area (Å²) >= 11 is 0. The highest BCUT2D eigenvalue weighted by Crippen LogP contribution is 2.26. The van der Waals surface area contributed by atoms with Gasteiger partial charge >= 0.3 is 0 Å². The first-order chi connectivity index (χ1) is 38.3. The fourth-order valence-electron chi connectivity index (χ4n) is 9.72. The molecule has 0 bridgehead atoms. The first-order valence-corrected chi connectivity index (χ1v) is 27.1. The fourth-order valence-corrected chi connectivity index (χ4v) is 9.72. The second-order valence-corrected chi connectivity index (χ2v) is 19.7. The zero-order valence-electron chi connectivity index (χ0n) is 44.3. The predicted octanol–water partition coefficient (Wildman–Crippen LogP) is 9.81. The Morgan fingerprint density at radius 2 is 1.08 bits per heavy atom. The molecule has 3 aliphatic heterocycles. The third-order valence-electron chi connectivity index (χ3n) is 14.1. The van der Waals surface area contributed by atoms with Crippen LogP contribution in [-0.4, -0.2) is 106 Å². The van der Waals surface area contributed by atoms with Crippen molar-refractivity contribution in [3.63, 3.8) is 0 Å². The molecular formula is C63H71N9O6. The number of hydrogen-bond donors (Lipinski definition) is 2. The number of nitrogens with one attached hydrogen (secondary N) is 2. The number of carbonyl (C=O) groups excluding carboxylic acids is 4. The summed E-state index contributed by atoms with van der Waals surface area (Å²) in [6.07, 6.45) is 14.4. The molecule has 10 rings (SSSR count). The van der Waals surface area contributed by atoms with Crippen LogP contribution in [0, 0.1) is 17.8 Å². The van der Waals surface area contributed by atoms with Crippen molar-refractivity contribution in [2.75, 3.05) is 68.0 Å². The van der Waals surface area contributed by atoms with Crippen LogP contribution in [0.25, 0.3) is 0 Å². The van der Waals surface area contributed by atoms with Gasteiger partial charge in [-0.05, 0) is 136 Å². The van der Waals surface area contributed by atoms with Crippen molar-refractivity contribution in [3.8, 4) is 11.5 Å². The molecule has 15 nitrogen and oxygen atoms in total. The van der Waals surface area contributed by atoms with Crippen molar-refractivity contribution in [2.24, 2.45) is 17.8 Å². The second kappa shape index (κ2) is 30.5. The molecule has 15 heteroatoms. The molecule has 3 aromatic heterocycles. The standard InChI is InChI=1S/C33H35N3O3.C18H21N3O.C12H15N3O2/c37-33(36(32-13-7-8-20-34-32)25-27-9-3-1-4-10-27)29-18-21-35(22-19-29)23-24-38-30-14-16-31(17-15-30)39-26-28-11-5-2-6-12-28;22-18(20-17-8-10-19-11-9-17)16-7-4-12-21(14-16)13-15-5-2-1-3-6-15;16-9-15-7-3-10(4-8-15)12(17)14-11-1-5-13-6-2-11/h1-17,20,29H,18-19,21-26H2;1-3,5-6,8-11,16H,4,7,12-14H2,(H,19,20,22);1-2,5-6,9-10H,3-4,7-8H2,(H,13,14,17). The summed E-state index contributed by atoms with van der Waals surface area (Å²) in [7, 11) is 0. The lowest BCUT2D eigenvalue weighted by molar-refractivity contribution is -0.125. The Morgan fingerprint density at radius 1 is 0.538 bits per heavy atom. The number of anilines is 3. The largest absolute Gasteiger partial charge is 0.492 e. The van der Waals surface area contributed by atoms with Crippen LogP contribution in [-0.2, 0) is 38.9 Å². The molecule has 404 valence electrons. The number of ether oxygens (including phenoxy) is 2. The number of benzene rings is 4. The Balaban J connectivity index is 0.000000172. The van der Waals surface area contributed by atoms with Gasteiger partial charge in [0.1, 0.15) is 30.5 Å². The number of aromatic nitrogens is 3. The lowest BCUT2D eigenvalue weighted by Crippen LogP contribution is -2.43. The molecule has 3 aliphatic rings. The molecule has 0 radical (unpaired) electrons. The van der Waals surface area contributed by atoms with E-state index in [1.807, 2.05) is 102 Å². The maximum absolute atomic E-state index is 13.6. The number of rotatable bonds is 18. The predicted molar refractivity (Wildman–Crippen MR) is 304 cm³/mol. The van der Waals surface area contributed by atoms with Crippen LogP contribution in [0.2, 0.25) is 0 Å². The van der Waals surface area contributed by atoms with E-state index in [0.29, 0.717) is 38.7 Å². The summed E-state index contributed by atoms with van der Waals surface area (Å²) in [4.78, 5) is 69.1. The number of hydrogen-bond acceptors (Lipinski definition) is 11. The fraction of sp³-hybridized carbons (Fsp3) is 0.317. The third-order valence-corrected chi connectivity index (χ3v) is 14.1. The molecule has 0 spiro atoms. The molecule has 1 atom stereocenters. The lowest BCUT2D eigenvalue weighted by Gasteiger charge is -2.34. The highest BCUT2D eigenvalue weighted by atomic mass is 16.5. The number of piperidine rings is 3. The first kappa shape index (κ1) is 55.9. The highest BCUT2D eigenvalue weighted by molar-refractivity contribution is 5.94. The average molecular weight is 1050 g/mol. The van der Waals surface area contributed by atoms with Gasteiger partial charge in [-0.2, -0.15) is 0 Å². The van der Waals surface area contributed by atoms with E-state index < -0.39 is 0 Å². The molecular weight excluding hydrogens is 979 g/mol. The van der Waals surface area contributed by atoms with E-state index in [4.69, 9.17) is 9.47 Å². The summed E-state index contributed by atoms with van der Waals surface area (Å²) in [5.41, 5.74) is 5.13. The Kier molecular flexibility index (Phi) is 21.9. The van der Waals surface area contributed by atoms with E-state index in [1.165, 1.54) is 5.56 Å². The van der Waals surface area contributed by atoms with Gasteiger partial charge in [0.15, 0.2) is 0 Å². The van der Waals surface area contributed by atoms with Gasteiger partial charge in [0.25, 0.3) is 0 Å². The zero-order chi connectivity index (χ0) is 54.0. The lowest BCUT2D eigenvalue weighted by atomic mass is 9.95. The van der Waals surface area contributed by atoms with Gasteiger partial charge in [0.05, 0.1) is 12.5 Å². The van der Waals surface area contributed by atoms with Gasteiger partial charge in [0, 0.05) is 86.9 Å². The van der Waals surface area contributed by atoms with Gasteiger partial charge in [0.2, 0.25) is 24.1 Å². The minimum atomic E-state index is -0.00341. The SMILES string of the molecule is O=C(C1CCN(CCOc2ccc(OCc3ccccc3)cc2)CC1)N(Cc1ccccc1)c1ccccn1.O=C(Nc1ccncc1)C1CCCN(Cc2ccccc2)C1.O=CN1CCC(C(=O)Nc2ccncc2)CC1. The Labute approximate surface area is 458 Å². The van der Waals surface area contributed by atoms with E-state index >= 15 is 0 Å². The normalized spacial score (nSPS) is 15.9. The van der Waals surface area contributed by atoms with Crippen LogP contribution in [0.3, 0.4) is 0 Å². The molecule has 1 unspecified atom stereocenters. The molecule has 3 saturated heterocycles. The summed E-state index contributed by atoms with van der Waals surface area (Å²) in [5, 5.41) is 5.85. The minimum Gasteiger partial charge on any atom is -0.492 e. The maximum Gasteiger partial charge on any atom is 0.231 e. The molecule has 3 fully saturated rings. The van der Waals surface area contributed by atoms with Crippen LogP contribution >= 0.6 is 0 Å². The van der Waals surface area contributed by atoms with Gasteiger partial charge in [-0.1, -0.05) is 97.1 Å². The summed E-state index contributed by atoms with van der Waals surface area (Å²) in [6.45, 7) is 8.42. The molecule has 4 amide bonds. The van der Waals surface area contributed by atoms with Crippen molar-refractivity contribution in [1.82, 2.24) is 29.7 Å². The maximum atomic E-state index is 13.6. The Morgan fingerprint density at radius 3 is 1.65 bits per heavy atom. The van der Waals surface area contributed by atoms with E-state index in [0.717, 1.165) is 118 Å². The quantitative estimate of drug-likeness (QED) is 0.0787. The summed E-state index contributed by atoms with van der Waals surface area (Å²) in [5.74, 6) is 2.72. The van der Waals surface area contributed by atoms with E-state index in [9.17, 15) is 19.2 Å². The molecule has 7 aromatic rings. The zero-order valence-corrected chi connectivity index (χ0v) is 44.3. The van der Waals surface area contributed by atoms with Crippen molar-refractivity contribution in [3.05, 3.63) is 205 Å². The number of nitrogens with zero attached hydrogens (tertiary/aromatic N) is 7. The number of likely N-dealkylation sites (tertiary alicyclic amines) is 3. The van der Waals surface area contributed by atoms with Crippen LogP contribution in [0.15, 0.2) is 189 Å². The van der Waals surface area contributed by atoms with Crippen LogP contribution in [0.1, 0.15) is 55.2 Å². The van der Waals surface area contributed by atoms with Crippen molar-refractivity contribution in [2.45, 2.75) is 58.2 Å². The van der Waals surface area contributed by atoms with Crippen molar-refractivity contribution < 1.29 is 28.7 Å². The Hall–Kier alpha value is -8.27. The van der Waals surface area contributed by atoms with E-state index in [2.05, 4.69) is 83.9 Å². The van der Waals surface area contributed by atoms with E-state index in [-0.39, 0.29) is 35.5 Å². The van der Waals surface area contributed by atoms with Gasteiger partial charge in [-0.3, -0.25) is 43.8 Å². The van der Waals surface area contributed by atoms with Crippen LogP contribution in [0.5, 0.6) is 11.5 Å². The smallest absolute Gasteiger partial charge is 0.231 e. The molecule has 4 aromatic carbocycles. The molecule has 78 heavy (non-hydrogen) atoms. The van der Waals surface area contributed by atoms with Crippen LogP contribution in [0.4, 0.5) is 17.2 Å². The minimum absolute atomic E-state index is 0.000588. The van der Waals surface area contributed by atoms with Crippen molar-refractivity contribution >= 4 is 41.3 Å². The number of carbonyl (C=O) groups is 4. The molecule has 6 heterocycles. The average Bonchev–Trinajstić information content (AvgIpc) is 3.50. The topological polar surface area (TPSA) is 162 Å². The van der Waals surface area contributed by atoms with E-state index in [1.54, 1.807) is 48.0 Å². The van der Waals surface area contributed by atoms with Gasteiger partial charge in [-0.25, -0.2) is 4.98 Å². The summed E-state index contributed by atoms with van der Waals surface area (Å²) in [6, 6.07) is 51.4. The third kappa shape index (κ3) is 18.2. The number of pyridine rings is 3. The molecule has 2 N–H and O–H groups in total. The highest BCUT2D eigenvalue weighted by Gasteiger charge is 2.30. The number of amides is 4. The second-order valence-electron chi connectivity index (χ2n) is 19.7. The Bertz CT molecular complexity index is 2840. The molecule has 0 aliphatic carbocycles. The molecule has 0 saturated carbocycles. The summed E-state index contributed by atoms with van der Waals surface area (Å²) < 4.78 is 11.8. The van der Waals surface area contributed by atoms with Crippen molar-refractivity contribution in [1.29, 1.82) is 0 Å². The first-order valence-electron chi connectivity index (χ1n) is 27.1.